The minimum atomic E-state index is 0.322. The number of likely N-dealkylation sites (tertiary alicyclic amines) is 1. The molecule has 2 unspecified atom stereocenters. The van der Waals surface area contributed by atoms with Gasteiger partial charge in [0.2, 0.25) is 0 Å². The highest BCUT2D eigenvalue weighted by Crippen LogP contribution is 2.25. The van der Waals surface area contributed by atoms with Crippen molar-refractivity contribution in [1.82, 2.24) is 30.0 Å². The fourth-order valence-corrected chi connectivity index (χ4v) is 4.05. The maximum Gasteiger partial charge on any atom is 0.170 e. The van der Waals surface area contributed by atoms with E-state index in [0.717, 1.165) is 55.2 Å². The van der Waals surface area contributed by atoms with Gasteiger partial charge in [0.15, 0.2) is 5.82 Å². The Hall–Kier alpha value is -1.35. The number of rotatable bonds is 3. The van der Waals surface area contributed by atoms with E-state index in [-0.39, 0.29) is 0 Å². The summed E-state index contributed by atoms with van der Waals surface area (Å²) in [5.41, 5.74) is 0.961. The van der Waals surface area contributed by atoms with Gasteiger partial charge in [-0.05, 0) is 52.0 Å². The average Bonchev–Trinajstić information content (AvgIpc) is 3.04. The van der Waals surface area contributed by atoms with Crippen molar-refractivity contribution in [3.05, 3.63) is 34.6 Å². The Morgan fingerprint density at radius 1 is 1.29 bits per heavy atom. The predicted molar refractivity (Wildman–Crippen MR) is 92.9 cm³/mol. The summed E-state index contributed by atoms with van der Waals surface area (Å²) < 4.78 is 8.78. The van der Waals surface area contributed by atoms with Gasteiger partial charge < -0.3 is 9.64 Å². The van der Waals surface area contributed by atoms with Crippen molar-refractivity contribution in [2.24, 2.45) is 0 Å². The highest BCUT2D eigenvalue weighted by Gasteiger charge is 2.36. The number of aromatic nitrogens is 4. The number of likely N-dealkylation sites (N-methyl/N-ethyl adjacent to an activating group) is 1. The molecule has 24 heavy (non-hydrogen) atoms. The SMILES string of the molecule is CN1CCC2OCCN(Cc3nnnn3-c3ccccc3Br)C2C1. The highest BCUT2D eigenvalue weighted by molar-refractivity contribution is 9.10. The normalized spacial score (nSPS) is 25.6. The van der Waals surface area contributed by atoms with Gasteiger partial charge in [-0.1, -0.05) is 12.1 Å². The number of morpholine rings is 1. The Morgan fingerprint density at radius 2 is 2.17 bits per heavy atom. The van der Waals surface area contributed by atoms with Crippen LogP contribution in [0.5, 0.6) is 0 Å². The van der Waals surface area contributed by atoms with E-state index in [1.807, 2.05) is 28.9 Å². The third-order valence-corrected chi connectivity index (χ3v) is 5.53. The van der Waals surface area contributed by atoms with Crippen LogP contribution in [0.2, 0.25) is 0 Å². The first kappa shape index (κ1) is 16.1. The van der Waals surface area contributed by atoms with Crippen molar-refractivity contribution < 1.29 is 4.74 Å². The zero-order valence-corrected chi connectivity index (χ0v) is 15.3. The number of ether oxygens (including phenoxy) is 1. The summed E-state index contributed by atoms with van der Waals surface area (Å²) in [6, 6.07) is 8.40. The second-order valence-electron chi connectivity index (χ2n) is 6.46. The fraction of sp³-hybridized carbons (Fsp3) is 0.562. The second kappa shape index (κ2) is 6.87. The number of halogens is 1. The summed E-state index contributed by atoms with van der Waals surface area (Å²) in [7, 11) is 2.17. The first-order chi connectivity index (χ1) is 11.7. The van der Waals surface area contributed by atoms with Crippen LogP contribution >= 0.6 is 15.9 Å². The monoisotopic (exact) mass is 392 g/mol. The second-order valence-corrected chi connectivity index (χ2v) is 7.31. The van der Waals surface area contributed by atoms with E-state index >= 15 is 0 Å². The van der Waals surface area contributed by atoms with Gasteiger partial charge in [0, 0.05) is 30.1 Å². The summed E-state index contributed by atoms with van der Waals surface area (Å²) in [6.45, 7) is 4.55. The number of fused-ring (bicyclic) bond motifs is 1. The van der Waals surface area contributed by atoms with Crippen LogP contribution in [-0.4, -0.2) is 75.4 Å². The van der Waals surface area contributed by atoms with E-state index in [1.54, 1.807) is 0 Å². The van der Waals surface area contributed by atoms with E-state index in [9.17, 15) is 0 Å². The van der Waals surface area contributed by atoms with Crippen LogP contribution in [0.1, 0.15) is 12.2 Å². The van der Waals surface area contributed by atoms with E-state index in [0.29, 0.717) is 12.1 Å². The van der Waals surface area contributed by atoms with Crippen LogP contribution < -0.4 is 0 Å². The average molecular weight is 393 g/mol. The predicted octanol–water partition coefficient (Wildman–Crippen LogP) is 1.33. The molecule has 2 aliphatic heterocycles. The minimum absolute atomic E-state index is 0.322. The number of tetrazole rings is 1. The molecule has 0 radical (unpaired) electrons. The molecule has 2 fully saturated rings. The molecule has 0 spiro atoms. The van der Waals surface area contributed by atoms with E-state index in [4.69, 9.17) is 4.74 Å². The molecule has 1 aromatic heterocycles. The molecule has 0 bridgehead atoms. The first-order valence-corrected chi connectivity index (χ1v) is 9.08. The van der Waals surface area contributed by atoms with Gasteiger partial charge in [0.1, 0.15) is 0 Å². The molecule has 128 valence electrons. The number of nitrogens with zero attached hydrogens (tertiary/aromatic N) is 6. The van der Waals surface area contributed by atoms with Crippen LogP contribution in [0.15, 0.2) is 28.7 Å². The van der Waals surface area contributed by atoms with Gasteiger partial charge in [0.25, 0.3) is 0 Å². The molecule has 2 aliphatic rings. The van der Waals surface area contributed by atoms with Crippen molar-refractivity contribution in [3.63, 3.8) is 0 Å². The fourth-order valence-electron chi connectivity index (χ4n) is 3.59. The molecule has 2 aromatic rings. The van der Waals surface area contributed by atoms with Crippen LogP contribution in [0.3, 0.4) is 0 Å². The first-order valence-electron chi connectivity index (χ1n) is 8.29. The Bertz CT molecular complexity index is 707. The maximum absolute atomic E-state index is 5.98. The molecule has 2 atom stereocenters. The Kier molecular flexibility index (Phi) is 4.62. The van der Waals surface area contributed by atoms with Crippen molar-refractivity contribution >= 4 is 15.9 Å². The molecule has 8 heteroatoms. The van der Waals surface area contributed by atoms with E-state index < -0.39 is 0 Å². The molecule has 2 saturated heterocycles. The molecular weight excluding hydrogens is 372 g/mol. The summed E-state index contributed by atoms with van der Waals surface area (Å²) in [4.78, 5) is 4.84. The standard InChI is InChI=1S/C16H21BrN6O/c1-21-7-6-15-14(10-21)22(8-9-24-15)11-16-18-19-20-23(16)13-5-3-2-4-12(13)17/h2-5,14-15H,6-11H2,1H3. The number of para-hydroxylation sites is 1. The van der Waals surface area contributed by atoms with Crippen molar-refractivity contribution in [1.29, 1.82) is 0 Å². The van der Waals surface area contributed by atoms with Crippen LogP contribution in [0.4, 0.5) is 0 Å². The molecule has 0 amide bonds. The number of hydrogen-bond donors (Lipinski definition) is 0. The third kappa shape index (κ3) is 3.11. The van der Waals surface area contributed by atoms with Gasteiger partial charge in [-0.3, -0.25) is 4.90 Å². The maximum atomic E-state index is 5.98. The molecule has 1 aromatic carbocycles. The molecule has 3 heterocycles. The number of piperidine rings is 1. The zero-order chi connectivity index (χ0) is 16.5. The summed E-state index contributed by atoms with van der Waals surface area (Å²) in [6.07, 6.45) is 1.41. The topological polar surface area (TPSA) is 59.3 Å². The van der Waals surface area contributed by atoms with Crippen molar-refractivity contribution in [3.8, 4) is 5.69 Å². The Labute approximate surface area is 149 Å². The van der Waals surface area contributed by atoms with Gasteiger partial charge >= 0.3 is 0 Å². The van der Waals surface area contributed by atoms with E-state index in [1.165, 1.54) is 0 Å². The van der Waals surface area contributed by atoms with Gasteiger partial charge in [-0.25, -0.2) is 0 Å². The van der Waals surface area contributed by atoms with Crippen LogP contribution in [-0.2, 0) is 11.3 Å². The minimum Gasteiger partial charge on any atom is -0.375 e. The summed E-state index contributed by atoms with van der Waals surface area (Å²) in [5.74, 6) is 0.857. The molecule has 4 rings (SSSR count). The third-order valence-electron chi connectivity index (χ3n) is 4.86. The summed E-state index contributed by atoms with van der Waals surface area (Å²) in [5, 5.41) is 12.4. The lowest BCUT2D eigenvalue weighted by Crippen LogP contribution is -2.59. The largest absolute Gasteiger partial charge is 0.375 e. The zero-order valence-electron chi connectivity index (χ0n) is 13.7. The van der Waals surface area contributed by atoms with Crippen LogP contribution in [0.25, 0.3) is 5.69 Å². The quantitative estimate of drug-likeness (QED) is 0.785. The van der Waals surface area contributed by atoms with Crippen LogP contribution in [0, 0.1) is 0 Å². The molecule has 0 N–H and O–H groups in total. The Morgan fingerprint density at radius 3 is 3.04 bits per heavy atom. The highest BCUT2D eigenvalue weighted by atomic mass is 79.9. The molecular formula is C16H21BrN6O. The molecule has 0 aliphatic carbocycles. The lowest BCUT2D eigenvalue weighted by atomic mass is 9.99. The van der Waals surface area contributed by atoms with Gasteiger partial charge in [-0.2, -0.15) is 4.68 Å². The van der Waals surface area contributed by atoms with Crippen molar-refractivity contribution in [2.45, 2.75) is 25.1 Å². The Balaban J connectivity index is 1.57. The smallest absolute Gasteiger partial charge is 0.170 e. The number of hydrogen-bond acceptors (Lipinski definition) is 6. The van der Waals surface area contributed by atoms with Gasteiger partial charge in [0.05, 0.1) is 24.9 Å². The molecule has 0 saturated carbocycles. The van der Waals surface area contributed by atoms with Crippen molar-refractivity contribution in [2.75, 3.05) is 33.3 Å². The number of benzene rings is 1. The lowest BCUT2D eigenvalue weighted by molar-refractivity contribution is -0.103. The molecule has 7 nitrogen and oxygen atoms in total. The van der Waals surface area contributed by atoms with E-state index in [2.05, 4.69) is 48.3 Å². The van der Waals surface area contributed by atoms with Gasteiger partial charge in [-0.15, -0.1) is 5.10 Å². The summed E-state index contributed by atoms with van der Waals surface area (Å²) >= 11 is 3.58. The lowest BCUT2D eigenvalue weighted by Gasteiger charge is -2.46.